The lowest BCUT2D eigenvalue weighted by atomic mass is 9.80. The summed E-state index contributed by atoms with van der Waals surface area (Å²) >= 11 is 0. The molecule has 2 atom stereocenters. The van der Waals surface area contributed by atoms with Crippen LogP contribution < -0.4 is 15.7 Å². The Morgan fingerprint density at radius 2 is 1.82 bits per heavy atom. The van der Waals surface area contributed by atoms with E-state index < -0.39 is 11.4 Å². The van der Waals surface area contributed by atoms with E-state index >= 15 is 0 Å². The second-order valence-electron chi connectivity index (χ2n) is 11.2. The first kappa shape index (κ1) is 24.5. The number of likely N-dealkylation sites (tertiary alicyclic amines) is 2. The number of nitrogens with one attached hydrogen (secondary N) is 2. The molecule has 0 radical (unpaired) electrons. The summed E-state index contributed by atoms with van der Waals surface area (Å²) in [5, 5.41) is 11.3. The van der Waals surface area contributed by atoms with Crippen LogP contribution in [0.5, 0.6) is 0 Å². The number of carboxylic acids is 1. The van der Waals surface area contributed by atoms with E-state index in [1.54, 1.807) is 0 Å². The van der Waals surface area contributed by atoms with Gasteiger partial charge in [-0.3, -0.25) is 9.36 Å². The van der Waals surface area contributed by atoms with Crippen molar-refractivity contribution in [1.29, 1.82) is 0 Å². The highest BCUT2D eigenvalue weighted by Gasteiger charge is 2.36. The number of aliphatic carboxylic acids is 1. The third-order valence-corrected chi connectivity index (χ3v) is 7.77. The summed E-state index contributed by atoms with van der Waals surface area (Å²) in [5.41, 5.74) is 1.38. The molecule has 0 aliphatic carbocycles. The third kappa shape index (κ3) is 5.37. The van der Waals surface area contributed by atoms with Crippen molar-refractivity contribution in [3.8, 4) is 0 Å². The molecule has 1 amide bonds. The van der Waals surface area contributed by atoms with Crippen molar-refractivity contribution in [1.82, 2.24) is 14.5 Å². The molecule has 2 aliphatic rings. The van der Waals surface area contributed by atoms with Gasteiger partial charge in [-0.1, -0.05) is 32.9 Å². The number of aromatic nitrogens is 2. The fraction of sp³-hybridized carbons (Fsp3) is 0.654. The number of H-pyrrole nitrogens is 1. The molecular formula is C26H38N4O4. The van der Waals surface area contributed by atoms with Crippen molar-refractivity contribution in [3.05, 3.63) is 34.7 Å². The molecule has 3 heterocycles. The maximum absolute atomic E-state index is 12.8. The first-order valence-electron chi connectivity index (χ1n) is 12.7. The van der Waals surface area contributed by atoms with Crippen LogP contribution in [0.4, 0.5) is 0 Å². The van der Waals surface area contributed by atoms with Gasteiger partial charge in [0.2, 0.25) is 5.91 Å². The van der Waals surface area contributed by atoms with Gasteiger partial charge in [-0.05, 0) is 36.8 Å². The number of carbonyl (C=O) groups is 2. The number of hydrogen-bond donors (Lipinski definition) is 2. The van der Waals surface area contributed by atoms with Gasteiger partial charge in [-0.15, -0.1) is 0 Å². The number of carboxylic acid groups (broad SMARTS) is 1. The van der Waals surface area contributed by atoms with Gasteiger partial charge in [0.05, 0.1) is 30.7 Å². The standard InChI is InChI=1S/C26H38N4O4/c1-26(2,3)24(33)29-15-9-18(16-23(31)32)19(17-29)8-12-28-13-10-20(11-14-28)30-22-7-5-4-6-21(22)27-25(30)34/h4-7,18-20H,8-17H2,1-3H3,(H,27,34)(H,31,32)/t18-,19-/m0/s1. The molecule has 0 unspecified atom stereocenters. The van der Waals surface area contributed by atoms with Crippen molar-refractivity contribution in [2.45, 2.75) is 58.9 Å². The number of aromatic amines is 1. The Balaban J connectivity index is 1.36. The lowest BCUT2D eigenvalue weighted by Gasteiger charge is -2.41. The van der Waals surface area contributed by atoms with Gasteiger partial charge in [-0.2, -0.15) is 0 Å². The molecule has 0 saturated carbocycles. The van der Waals surface area contributed by atoms with Gasteiger partial charge in [0.15, 0.2) is 0 Å². The van der Waals surface area contributed by atoms with Crippen LogP contribution in [-0.2, 0) is 9.59 Å². The Morgan fingerprint density at radius 3 is 2.50 bits per heavy atom. The number of nitrogens with zero attached hydrogens (tertiary/aromatic N) is 2. The van der Waals surface area contributed by atoms with Crippen molar-refractivity contribution in [3.63, 3.8) is 0 Å². The summed E-state index contributed by atoms with van der Waals surface area (Å²) in [6.45, 7) is 10.00. The van der Waals surface area contributed by atoms with Gasteiger partial charge in [0, 0.05) is 49.8 Å². The Labute approximate surface area is 200 Å². The smallest absolute Gasteiger partial charge is 0.326 e. The molecule has 2 fully saturated rings. The zero-order chi connectivity index (χ0) is 24.5. The number of imidazole rings is 1. The van der Waals surface area contributed by atoms with Crippen molar-refractivity contribution >= 4 is 22.9 Å². The minimum absolute atomic E-state index is 0.0365. The molecule has 1 aromatic carbocycles. The average molecular weight is 471 g/mol. The molecule has 2 saturated heterocycles. The number of para-hydroxylation sites is 2. The molecule has 2 N–H and O–H groups in total. The minimum Gasteiger partial charge on any atom is -0.550 e. The molecule has 2 aliphatic heterocycles. The number of piperidine rings is 2. The summed E-state index contributed by atoms with van der Waals surface area (Å²) in [6.07, 6.45) is 3.58. The van der Waals surface area contributed by atoms with Gasteiger partial charge in [-0.25, -0.2) is 4.79 Å². The lowest BCUT2D eigenvalue weighted by Crippen LogP contribution is -3.13. The van der Waals surface area contributed by atoms with Crippen LogP contribution in [0, 0.1) is 17.3 Å². The topological polar surface area (TPSA) is 103 Å². The van der Waals surface area contributed by atoms with Crippen LogP contribution in [0.3, 0.4) is 0 Å². The van der Waals surface area contributed by atoms with E-state index in [1.165, 1.54) is 4.90 Å². The number of amides is 1. The molecule has 34 heavy (non-hydrogen) atoms. The largest absolute Gasteiger partial charge is 0.550 e. The summed E-state index contributed by atoms with van der Waals surface area (Å²) in [6, 6.07) is 8.04. The van der Waals surface area contributed by atoms with E-state index in [9.17, 15) is 19.5 Å². The van der Waals surface area contributed by atoms with Gasteiger partial charge < -0.3 is 24.7 Å². The lowest BCUT2D eigenvalue weighted by molar-refractivity contribution is -0.906. The Hall–Kier alpha value is -2.61. The molecule has 1 aromatic heterocycles. The zero-order valence-corrected chi connectivity index (χ0v) is 20.6. The van der Waals surface area contributed by atoms with Crippen molar-refractivity contribution in [2.24, 2.45) is 17.3 Å². The highest BCUT2D eigenvalue weighted by Crippen LogP contribution is 2.31. The number of fused-ring (bicyclic) bond motifs is 1. The molecule has 0 spiro atoms. The number of hydrogen-bond acceptors (Lipinski definition) is 4. The van der Waals surface area contributed by atoms with Crippen molar-refractivity contribution in [2.75, 3.05) is 32.7 Å². The molecule has 0 bridgehead atoms. The first-order chi connectivity index (χ1) is 16.1. The highest BCUT2D eigenvalue weighted by atomic mass is 16.4. The monoisotopic (exact) mass is 470 g/mol. The highest BCUT2D eigenvalue weighted by molar-refractivity contribution is 5.81. The Kier molecular flexibility index (Phi) is 7.17. The second kappa shape index (κ2) is 9.94. The summed E-state index contributed by atoms with van der Waals surface area (Å²) in [7, 11) is 0. The molecule has 8 heteroatoms. The number of carbonyl (C=O) groups excluding carboxylic acids is 2. The normalized spacial score (nSPS) is 26.0. The van der Waals surface area contributed by atoms with E-state index in [-0.39, 0.29) is 35.9 Å². The molecule has 186 valence electrons. The van der Waals surface area contributed by atoms with Crippen LogP contribution in [0.15, 0.2) is 29.1 Å². The fourth-order valence-corrected chi connectivity index (χ4v) is 5.89. The predicted octanol–water partition coefficient (Wildman–Crippen LogP) is 0.590. The van der Waals surface area contributed by atoms with Crippen LogP contribution in [0.25, 0.3) is 11.0 Å². The summed E-state index contributed by atoms with van der Waals surface area (Å²) in [5.74, 6) is -0.611. The number of quaternary nitrogens is 1. The summed E-state index contributed by atoms with van der Waals surface area (Å²) in [4.78, 5) is 43.1. The van der Waals surface area contributed by atoms with E-state index in [4.69, 9.17) is 0 Å². The number of rotatable bonds is 6. The van der Waals surface area contributed by atoms with E-state index in [0.29, 0.717) is 13.1 Å². The molecular weight excluding hydrogens is 432 g/mol. The van der Waals surface area contributed by atoms with Crippen LogP contribution >= 0.6 is 0 Å². The van der Waals surface area contributed by atoms with Gasteiger partial charge >= 0.3 is 5.69 Å². The van der Waals surface area contributed by atoms with E-state index in [2.05, 4.69) is 4.98 Å². The second-order valence-corrected chi connectivity index (χ2v) is 11.2. The maximum Gasteiger partial charge on any atom is 0.326 e. The van der Waals surface area contributed by atoms with Crippen LogP contribution in [0.1, 0.15) is 58.9 Å². The van der Waals surface area contributed by atoms with Crippen LogP contribution in [0.2, 0.25) is 0 Å². The zero-order valence-electron chi connectivity index (χ0n) is 20.6. The van der Waals surface area contributed by atoms with Gasteiger partial charge in [0.25, 0.3) is 0 Å². The first-order valence-corrected chi connectivity index (χ1v) is 12.7. The third-order valence-electron chi connectivity index (χ3n) is 7.77. The van der Waals surface area contributed by atoms with Crippen LogP contribution in [-0.4, -0.2) is 59.1 Å². The molecule has 4 rings (SSSR count). The maximum atomic E-state index is 12.8. The molecule has 2 aromatic rings. The SMILES string of the molecule is CC(C)(C)C(=O)N1CC[C@@H](CC(=O)[O-])[C@@H](CC[NH+]2CCC(n3c(=O)[nH]c4ccccc43)CC2)C1. The van der Waals surface area contributed by atoms with E-state index in [1.807, 2.05) is 54.5 Å². The Morgan fingerprint density at radius 1 is 1.12 bits per heavy atom. The average Bonchev–Trinajstić information content (AvgIpc) is 3.13. The minimum atomic E-state index is -0.997. The fourth-order valence-electron chi connectivity index (χ4n) is 5.89. The molecule has 8 nitrogen and oxygen atoms in total. The van der Waals surface area contributed by atoms with Crippen molar-refractivity contribution < 1.29 is 19.6 Å². The Bertz CT molecular complexity index is 1070. The quantitative estimate of drug-likeness (QED) is 0.645. The predicted molar refractivity (Wildman–Crippen MR) is 128 cm³/mol. The summed E-state index contributed by atoms with van der Waals surface area (Å²) < 4.78 is 1.92. The van der Waals surface area contributed by atoms with Gasteiger partial charge in [0.1, 0.15) is 0 Å². The van der Waals surface area contributed by atoms with E-state index in [0.717, 1.165) is 56.4 Å². The number of benzene rings is 1.